The van der Waals surface area contributed by atoms with Crippen molar-refractivity contribution in [2.75, 3.05) is 6.54 Å². The fraction of sp³-hybridized carbons (Fsp3) is 0.533. The van der Waals surface area contributed by atoms with Crippen LogP contribution >= 0.6 is 15.9 Å². The Bertz CT molecular complexity index is 419. The van der Waals surface area contributed by atoms with E-state index in [0.29, 0.717) is 10.7 Å². The van der Waals surface area contributed by atoms with E-state index in [2.05, 4.69) is 21.2 Å². The Morgan fingerprint density at radius 2 is 2.28 bits per heavy atom. The second-order valence-corrected chi connectivity index (χ2v) is 6.50. The lowest BCUT2D eigenvalue weighted by Gasteiger charge is -2.25. The second kappa shape index (κ2) is 6.37. The van der Waals surface area contributed by atoms with Crippen LogP contribution in [0.15, 0.2) is 24.3 Å². The van der Waals surface area contributed by atoms with E-state index in [9.17, 15) is 4.79 Å². The van der Waals surface area contributed by atoms with Gasteiger partial charge in [-0.2, -0.15) is 0 Å². The number of carbonyl (C=O) groups excluding carboxylic acids is 1. The van der Waals surface area contributed by atoms with Gasteiger partial charge in [0.05, 0.1) is 0 Å². The molecule has 0 radical (unpaired) electrons. The number of hydrogen-bond donors (Lipinski definition) is 1. The third-order valence-electron chi connectivity index (χ3n) is 3.55. The highest BCUT2D eigenvalue weighted by molar-refractivity contribution is 9.09. The van der Waals surface area contributed by atoms with Gasteiger partial charge in [-0.3, -0.25) is 4.79 Å². The smallest absolute Gasteiger partial charge is 0.251 e. The van der Waals surface area contributed by atoms with E-state index >= 15 is 0 Å². The quantitative estimate of drug-likeness (QED) is 0.848. The lowest BCUT2D eigenvalue weighted by molar-refractivity contribution is 0.0944. The maximum atomic E-state index is 12.0. The summed E-state index contributed by atoms with van der Waals surface area (Å²) in [6.45, 7) is 2.81. The van der Waals surface area contributed by atoms with E-state index in [1.807, 2.05) is 31.2 Å². The third-order valence-corrected chi connectivity index (χ3v) is 4.38. The SMILES string of the molecule is Cc1cccc(C(=O)NCC2CCCC(Br)C2)c1. The molecule has 2 rings (SSSR count). The van der Waals surface area contributed by atoms with Crippen molar-refractivity contribution in [3.8, 4) is 0 Å². The summed E-state index contributed by atoms with van der Waals surface area (Å²) in [7, 11) is 0. The molecule has 2 nitrogen and oxygen atoms in total. The van der Waals surface area contributed by atoms with E-state index in [4.69, 9.17) is 0 Å². The number of carbonyl (C=O) groups is 1. The average molecular weight is 310 g/mol. The first-order valence-corrected chi connectivity index (χ1v) is 7.55. The van der Waals surface area contributed by atoms with Crippen molar-refractivity contribution in [1.29, 1.82) is 0 Å². The Morgan fingerprint density at radius 3 is 3.00 bits per heavy atom. The predicted molar refractivity (Wildman–Crippen MR) is 78.2 cm³/mol. The minimum absolute atomic E-state index is 0.0513. The standard InChI is InChI=1S/C15H20BrNO/c1-11-4-2-6-13(8-11)15(18)17-10-12-5-3-7-14(16)9-12/h2,4,6,8,12,14H,3,5,7,9-10H2,1H3,(H,17,18). The molecule has 0 heterocycles. The summed E-state index contributed by atoms with van der Waals surface area (Å²) in [6.07, 6.45) is 4.94. The van der Waals surface area contributed by atoms with Crippen LogP contribution in [0.25, 0.3) is 0 Å². The topological polar surface area (TPSA) is 29.1 Å². The molecule has 98 valence electrons. The molecule has 0 aliphatic heterocycles. The minimum Gasteiger partial charge on any atom is -0.352 e. The summed E-state index contributed by atoms with van der Waals surface area (Å²) < 4.78 is 0. The molecule has 1 aromatic rings. The van der Waals surface area contributed by atoms with Crippen LogP contribution in [0.5, 0.6) is 0 Å². The molecule has 3 heteroatoms. The first-order chi connectivity index (χ1) is 8.65. The number of alkyl halides is 1. The van der Waals surface area contributed by atoms with Crippen molar-refractivity contribution >= 4 is 21.8 Å². The minimum atomic E-state index is 0.0513. The monoisotopic (exact) mass is 309 g/mol. The fourth-order valence-electron chi connectivity index (χ4n) is 2.54. The molecule has 0 spiro atoms. The van der Waals surface area contributed by atoms with E-state index in [1.165, 1.54) is 25.7 Å². The Hall–Kier alpha value is -0.830. The summed E-state index contributed by atoms with van der Waals surface area (Å²) in [4.78, 5) is 12.6. The van der Waals surface area contributed by atoms with Gasteiger partial charge < -0.3 is 5.32 Å². The molecule has 1 aromatic carbocycles. The van der Waals surface area contributed by atoms with Crippen LogP contribution in [-0.4, -0.2) is 17.3 Å². The lowest BCUT2D eigenvalue weighted by atomic mass is 9.89. The molecule has 1 fully saturated rings. The van der Waals surface area contributed by atoms with Crippen molar-refractivity contribution in [2.45, 2.75) is 37.4 Å². The lowest BCUT2D eigenvalue weighted by Crippen LogP contribution is -2.31. The van der Waals surface area contributed by atoms with Crippen molar-refractivity contribution < 1.29 is 4.79 Å². The van der Waals surface area contributed by atoms with E-state index in [-0.39, 0.29) is 5.91 Å². The molecule has 1 aliphatic carbocycles. The van der Waals surface area contributed by atoms with Gasteiger partial charge in [0.1, 0.15) is 0 Å². The Labute approximate surface area is 117 Å². The molecule has 0 bridgehead atoms. The van der Waals surface area contributed by atoms with Crippen LogP contribution in [0, 0.1) is 12.8 Å². The molecule has 2 atom stereocenters. The molecule has 1 saturated carbocycles. The average Bonchev–Trinajstić information content (AvgIpc) is 2.36. The maximum absolute atomic E-state index is 12.0. The van der Waals surface area contributed by atoms with Gasteiger partial charge in [-0.1, -0.05) is 40.0 Å². The summed E-state index contributed by atoms with van der Waals surface area (Å²) in [5.74, 6) is 0.673. The van der Waals surface area contributed by atoms with E-state index < -0.39 is 0 Å². The van der Waals surface area contributed by atoms with Crippen LogP contribution in [-0.2, 0) is 0 Å². The van der Waals surface area contributed by atoms with Gasteiger partial charge in [0, 0.05) is 16.9 Å². The first kappa shape index (κ1) is 13.6. The van der Waals surface area contributed by atoms with Crippen molar-refractivity contribution in [3.05, 3.63) is 35.4 Å². The molecule has 2 unspecified atom stereocenters. The van der Waals surface area contributed by atoms with Gasteiger partial charge in [0.2, 0.25) is 0 Å². The highest BCUT2D eigenvalue weighted by Gasteiger charge is 2.20. The number of hydrogen-bond acceptors (Lipinski definition) is 1. The van der Waals surface area contributed by atoms with E-state index in [1.54, 1.807) is 0 Å². The Balaban J connectivity index is 1.84. The first-order valence-electron chi connectivity index (χ1n) is 6.64. The molecule has 18 heavy (non-hydrogen) atoms. The zero-order valence-electron chi connectivity index (χ0n) is 10.8. The summed E-state index contributed by atoms with van der Waals surface area (Å²) in [6, 6.07) is 7.74. The zero-order valence-corrected chi connectivity index (χ0v) is 12.4. The number of benzene rings is 1. The van der Waals surface area contributed by atoms with Crippen molar-refractivity contribution in [1.82, 2.24) is 5.32 Å². The highest BCUT2D eigenvalue weighted by atomic mass is 79.9. The van der Waals surface area contributed by atoms with Crippen LogP contribution in [0.4, 0.5) is 0 Å². The molecule has 1 N–H and O–H groups in total. The van der Waals surface area contributed by atoms with Crippen LogP contribution in [0.2, 0.25) is 0 Å². The summed E-state index contributed by atoms with van der Waals surface area (Å²) in [5, 5.41) is 3.06. The Kier molecular flexibility index (Phi) is 4.81. The van der Waals surface area contributed by atoms with Gasteiger partial charge in [0.25, 0.3) is 5.91 Å². The molecule has 1 aliphatic rings. The molecule has 1 amide bonds. The molecule has 0 saturated heterocycles. The second-order valence-electron chi connectivity index (χ2n) is 5.21. The number of halogens is 1. The van der Waals surface area contributed by atoms with Gasteiger partial charge >= 0.3 is 0 Å². The van der Waals surface area contributed by atoms with Gasteiger partial charge in [-0.05, 0) is 44.2 Å². The molecular formula is C15H20BrNO. The van der Waals surface area contributed by atoms with Crippen LogP contribution < -0.4 is 5.32 Å². The predicted octanol–water partition coefficient (Wildman–Crippen LogP) is 3.68. The highest BCUT2D eigenvalue weighted by Crippen LogP contribution is 2.28. The Morgan fingerprint density at radius 1 is 1.44 bits per heavy atom. The van der Waals surface area contributed by atoms with Crippen molar-refractivity contribution in [3.63, 3.8) is 0 Å². The largest absolute Gasteiger partial charge is 0.352 e. The molecular weight excluding hydrogens is 290 g/mol. The number of rotatable bonds is 3. The molecule has 0 aromatic heterocycles. The van der Waals surface area contributed by atoms with Crippen LogP contribution in [0.1, 0.15) is 41.6 Å². The summed E-state index contributed by atoms with van der Waals surface area (Å²) in [5.41, 5.74) is 1.89. The van der Waals surface area contributed by atoms with Crippen LogP contribution in [0.3, 0.4) is 0 Å². The number of amides is 1. The summed E-state index contributed by atoms with van der Waals surface area (Å²) >= 11 is 3.68. The number of aryl methyl sites for hydroxylation is 1. The van der Waals surface area contributed by atoms with Crippen molar-refractivity contribution in [2.24, 2.45) is 5.92 Å². The van der Waals surface area contributed by atoms with Gasteiger partial charge in [-0.25, -0.2) is 0 Å². The number of nitrogens with one attached hydrogen (secondary N) is 1. The fourth-order valence-corrected chi connectivity index (χ4v) is 3.39. The maximum Gasteiger partial charge on any atom is 0.251 e. The van der Waals surface area contributed by atoms with Gasteiger partial charge in [0.15, 0.2) is 0 Å². The van der Waals surface area contributed by atoms with E-state index in [0.717, 1.165) is 17.7 Å². The normalized spacial score (nSPS) is 23.7. The third kappa shape index (κ3) is 3.84. The van der Waals surface area contributed by atoms with Gasteiger partial charge in [-0.15, -0.1) is 0 Å². The zero-order chi connectivity index (χ0) is 13.0.